The topological polar surface area (TPSA) is 29.9 Å². The van der Waals surface area contributed by atoms with Crippen LogP contribution in [0.2, 0.25) is 0 Å². The second-order valence-corrected chi connectivity index (χ2v) is 5.91. The molecule has 1 fully saturated rings. The molecule has 1 heterocycles. The highest BCUT2D eigenvalue weighted by atomic mass is 15.3. The van der Waals surface area contributed by atoms with Gasteiger partial charge in [-0.15, -0.1) is 0 Å². The molecule has 1 aromatic heterocycles. The van der Waals surface area contributed by atoms with Crippen LogP contribution >= 0.6 is 0 Å². The van der Waals surface area contributed by atoms with Crippen molar-refractivity contribution in [2.24, 2.45) is 13.0 Å². The molecule has 3 nitrogen and oxygen atoms in total. The quantitative estimate of drug-likeness (QED) is 0.850. The van der Waals surface area contributed by atoms with Gasteiger partial charge in [0.2, 0.25) is 0 Å². The van der Waals surface area contributed by atoms with Gasteiger partial charge in [-0.25, -0.2) is 0 Å². The Morgan fingerprint density at radius 2 is 2.05 bits per heavy atom. The Hall–Kier alpha value is -0.830. The molecule has 1 aromatic rings. The van der Waals surface area contributed by atoms with Gasteiger partial charge < -0.3 is 5.32 Å². The van der Waals surface area contributed by atoms with Gasteiger partial charge in [-0.3, -0.25) is 4.68 Å². The number of nitrogens with zero attached hydrogens (tertiary/aromatic N) is 2. The van der Waals surface area contributed by atoms with Gasteiger partial charge in [0.25, 0.3) is 0 Å². The maximum atomic E-state index is 4.60. The van der Waals surface area contributed by atoms with Crippen molar-refractivity contribution in [1.82, 2.24) is 15.1 Å². The average molecular weight is 263 g/mol. The molecular formula is C16H29N3. The Labute approximate surface area is 117 Å². The highest BCUT2D eigenvalue weighted by Crippen LogP contribution is 2.32. The highest BCUT2D eigenvalue weighted by molar-refractivity contribution is 5.21. The molecule has 1 aliphatic rings. The number of nitrogens with one attached hydrogen (secondary N) is 1. The molecule has 0 aromatic carbocycles. The van der Waals surface area contributed by atoms with Gasteiger partial charge in [0.1, 0.15) is 0 Å². The Kier molecular flexibility index (Phi) is 5.44. The lowest BCUT2D eigenvalue weighted by atomic mass is 9.83. The summed E-state index contributed by atoms with van der Waals surface area (Å²) in [6.45, 7) is 5.45. The Morgan fingerprint density at radius 1 is 1.32 bits per heavy atom. The van der Waals surface area contributed by atoms with Crippen LogP contribution in [0.4, 0.5) is 0 Å². The second kappa shape index (κ2) is 7.09. The molecule has 1 aliphatic carbocycles. The van der Waals surface area contributed by atoms with E-state index in [1.165, 1.54) is 49.8 Å². The van der Waals surface area contributed by atoms with Crippen molar-refractivity contribution in [3.8, 4) is 0 Å². The van der Waals surface area contributed by atoms with Crippen LogP contribution in [-0.2, 0) is 13.5 Å². The molecule has 3 heteroatoms. The van der Waals surface area contributed by atoms with Gasteiger partial charge in [0.05, 0.1) is 5.69 Å². The van der Waals surface area contributed by atoms with Crippen LogP contribution in [0.3, 0.4) is 0 Å². The summed E-state index contributed by atoms with van der Waals surface area (Å²) < 4.78 is 1.97. The van der Waals surface area contributed by atoms with Crippen LogP contribution in [-0.4, -0.2) is 16.3 Å². The fourth-order valence-corrected chi connectivity index (χ4v) is 3.44. The number of rotatable bonds is 6. The van der Waals surface area contributed by atoms with Crippen molar-refractivity contribution in [2.75, 3.05) is 6.54 Å². The van der Waals surface area contributed by atoms with Gasteiger partial charge in [-0.1, -0.05) is 46.0 Å². The standard InChI is InChI=1S/C16H29N3/c1-4-15-14(12-19(3)18-15)16(17-5-2)11-13-9-7-6-8-10-13/h12-13,16-17H,4-11H2,1-3H3. The van der Waals surface area contributed by atoms with E-state index in [4.69, 9.17) is 0 Å². The van der Waals surface area contributed by atoms with Crippen LogP contribution < -0.4 is 5.32 Å². The van der Waals surface area contributed by atoms with Gasteiger partial charge in [0, 0.05) is 24.8 Å². The van der Waals surface area contributed by atoms with E-state index in [9.17, 15) is 0 Å². The van der Waals surface area contributed by atoms with Gasteiger partial charge in [0.15, 0.2) is 0 Å². The number of hydrogen-bond donors (Lipinski definition) is 1. The maximum Gasteiger partial charge on any atom is 0.0669 e. The van der Waals surface area contributed by atoms with E-state index in [2.05, 4.69) is 30.5 Å². The average Bonchev–Trinajstić information content (AvgIpc) is 2.80. The SMILES string of the molecule is CCNC(CC1CCCCC1)c1cn(C)nc1CC. The van der Waals surface area contributed by atoms with Crippen molar-refractivity contribution in [2.45, 2.75) is 64.8 Å². The third-order valence-corrected chi connectivity index (χ3v) is 4.39. The normalized spacial score (nSPS) is 18.7. The van der Waals surface area contributed by atoms with E-state index in [1.807, 2.05) is 11.7 Å². The zero-order chi connectivity index (χ0) is 13.7. The van der Waals surface area contributed by atoms with Crippen molar-refractivity contribution in [3.63, 3.8) is 0 Å². The molecule has 0 amide bonds. The first-order chi connectivity index (χ1) is 9.24. The molecule has 0 spiro atoms. The summed E-state index contributed by atoms with van der Waals surface area (Å²) in [5.74, 6) is 0.905. The largest absolute Gasteiger partial charge is 0.310 e. The molecule has 1 N–H and O–H groups in total. The van der Waals surface area contributed by atoms with Crippen molar-refractivity contribution < 1.29 is 0 Å². The lowest BCUT2D eigenvalue weighted by Gasteiger charge is -2.27. The third-order valence-electron chi connectivity index (χ3n) is 4.39. The van der Waals surface area contributed by atoms with Gasteiger partial charge >= 0.3 is 0 Å². The first-order valence-electron chi connectivity index (χ1n) is 8.00. The van der Waals surface area contributed by atoms with Gasteiger partial charge in [-0.05, 0) is 25.3 Å². The molecule has 108 valence electrons. The van der Waals surface area contributed by atoms with Crippen LogP contribution in [0.1, 0.15) is 69.7 Å². The molecule has 19 heavy (non-hydrogen) atoms. The zero-order valence-electron chi connectivity index (χ0n) is 12.8. The molecule has 0 radical (unpaired) electrons. The predicted octanol–water partition coefficient (Wildman–Crippen LogP) is 3.60. The third kappa shape index (κ3) is 3.82. The summed E-state index contributed by atoms with van der Waals surface area (Å²) in [7, 11) is 2.03. The Morgan fingerprint density at radius 3 is 2.68 bits per heavy atom. The molecule has 1 atom stereocenters. The lowest BCUT2D eigenvalue weighted by molar-refractivity contribution is 0.301. The maximum absolute atomic E-state index is 4.60. The molecule has 0 saturated heterocycles. The van der Waals surface area contributed by atoms with E-state index in [0.717, 1.165) is 18.9 Å². The monoisotopic (exact) mass is 263 g/mol. The minimum atomic E-state index is 0.497. The summed E-state index contributed by atoms with van der Waals surface area (Å²) in [5.41, 5.74) is 2.70. The van der Waals surface area contributed by atoms with E-state index in [1.54, 1.807) is 0 Å². The zero-order valence-corrected chi connectivity index (χ0v) is 12.8. The molecule has 1 unspecified atom stereocenters. The van der Waals surface area contributed by atoms with Crippen LogP contribution in [0, 0.1) is 5.92 Å². The van der Waals surface area contributed by atoms with Gasteiger partial charge in [-0.2, -0.15) is 5.10 Å². The van der Waals surface area contributed by atoms with E-state index >= 15 is 0 Å². The fraction of sp³-hybridized carbons (Fsp3) is 0.812. The molecule has 2 rings (SSSR count). The minimum Gasteiger partial charge on any atom is -0.310 e. The molecular weight excluding hydrogens is 234 g/mol. The fourth-order valence-electron chi connectivity index (χ4n) is 3.44. The summed E-state index contributed by atoms with van der Waals surface area (Å²) >= 11 is 0. The van der Waals surface area contributed by atoms with E-state index in [-0.39, 0.29) is 0 Å². The van der Waals surface area contributed by atoms with E-state index < -0.39 is 0 Å². The summed E-state index contributed by atoms with van der Waals surface area (Å²) in [6.07, 6.45) is 11.7. The summed E-state index contributed by atoms with van der Waals surface area (Å²) in [4.78, 5) is 0. The lowest BCUT2D eigenvalue weighted by Crippen LogP contribution is -2.25. The van der Waals surface area contributed by atoms with Crippen molar-refractivity contribution >= 4 is 0 Å². The van der Waals surface area contributed by atoms with Crippen molar-refractivity contribution in [1.29, 1.82) is 0 Å². The number of aromatic nitrogens is 2. The number of aryl methyl sites for hydroxylation is 2. The minimum absolute atomic E-state index is 0.497. The molecule has 0 aliphatic heterocycles. The van der Waals surface area contributed by atoms with E-state index in [0.29, 0.717) is 6.04 Å². The first kappa shape index (κ1) is 14.6. The number of hydrogen-bond acceptors (Lipinski definition) is 2. The second-order valence-electron chi connectivity index (χ2n) is 5.91. The first-order valence-corrected chi connectivity index (χ1v) is 8.00. The Balaban J connectivity index is 2.09. The van der Waals surface area contributed by atoms with Crippen LogP contribution in [0.15, 0.2) is 6.20 Å². The highest BCUT2D eigenvalue weighted by Gasteiger charge is 2.22. The molecule has 1 saturated carbocycles. The Bertz CT molecular complexity index is 377. The van der Waals surface area contributed by atoms with Crippen LogP contribution in [0.25, 0.3) is 0 Å². The smallest absolute Gasteiger partial charge is 0.0669 e. The predicted molar refractivity (Wildman–Crippen MR) is 80.2 cm³/mol. The molecule has 0 bridgehead atoms. The van der Waals surface area contributed by atoms with Crippen molar-refractivity contribution in [3.05, 3.63) is 17.5 Å². The van der Waals surface area contributed by atoms with Crippen LogP contribution in [0.5, 0.6) is 0 Å². The summed E-state index contributed by atoms with van der Waals surface area (Å²) in [6, 6.07) is 0.497. The summed E-state index contributed by atoms with van der Waals surface area (Å²) in [5, 5.41) is 8.28.